The summed E-state index contributed by atoms with van der Waals surface area (Å²) in [6.07, 6.45) is 2.32. The summed E-state index contributed by atoms with van der Waals surface area (Å²) in [5.41, 5.74) is 1.76. The Morgan fingerprint density at radius 3 is 2.49 bits per heavy atom. The van der Waals surface area contributed by atoms with Gasteiger partial charge in [0.1, 0.15) is 10.6 Å². The largest absolute Gasteiger partial charge is 0.437 e. The summed E-state index contributed by atoms with van der Waals surface area (Å²) in [5.74, 6) is -0.365. The Hall–Kier alpha value is -3.77. The van der Waals surface area contributed by atoms with Crippen LogP contribution in [-0.4, -0.2) is 41.1 Å². The molecule has 0 saturated heterocycles. The Bertz CT molecular complexity index is 1440. The van der Waals surface area contributed by atoms with Gasteiger partial charge in [-0.15, -0.1) is 0 Å². The lowest BCUT2D eigenvalue weighted by Crippen LogP contribution is -2.32. The van der Waals surface area contributed by atoms with Gasteiger partial charge < -0.3 is 10.1 Å². The van der Waals surface area contributed by atoms with Gasteiger partial charge in [-0.25, -0.2) is 13.1 Å². The smallest absolute Gasteiger partial charge is 0.272 e. The standard InChI is InChI=1S/C25H29N5O6S/c1-5-16(3)28-37(34,35)22-14-20(30(32)33)12-13-21(22)36-25-17(4)23(24(31)26-18-8-9-18)27-29(25)19-10-6-15(2)7-11-19/h6-7,10-14,16,18,28H,5,8-9H2,1-4H3,(H,26,31). The lowest BCUT2D eigenvalue weighted by molar-refractivity contribution is -0.385. The maximum absolute atomic E-state index is 13.2. The van der Waals surface area contributed by atoms with Gasteiger partial charge in [0, 0.05) is 29.8 Å². The van der Waals surface area contributed by atoms with Gasteiger partial charge in [0.2, 0.25) is 15.9 Å². The zero-order valence-electron chi connectivity index (χ0n) is 21.0. The van der Waals surface area contributed by atoms with Crippen LogP contribution >= 0.6 is 0 Å². The number of nitro groups is 1. The number of rotatable bonds is 10. The molecule has 2 N–H and O–H groups in total. The number of nitro benzene ring substituents is 1. The number of benzene rings is 2. The molecule has 4 rings (SSSR count). The average molecular weight is 528 g/mol. The number of hydrogen-bond donors (Lipinski definition) is 2. The summed E-state index contributed by atoms with van der Waals surface area (Å²) in [6, 6.07) is 10.4. The lowest BCUT2D eigenvalue weighted by Gasteiger charge is -2.16. The van der Waals surface area contributed by atoms with Crippen molar-refractivity contribution in [2.45, 2.75) is 63.9 Å². The van der Waals surface area contributed by atoms with E-state index in [0.717, 1.165) is 24.5 Å². The molecule has 0 aliphatic heterocycles. The highest BCUT2D eigenvalue weighted by Gasteiger charge is 2.30. The highest BCUT2D eigenvalue weighted by Crippen LogP contribution is 2.36. The number of carbonyl (C=O) groups excluding carboxylic acids is 1. The fourth-order valence-corrected chi connectivity index (χ4v) is 5.05. The molecule has 1 fully saturated rings. The molecule has 1 aromatic heterocycles. The highest BCUT2D eigenvalue weighted by molar-refractivity contribution is 7.89. The van der Waals surface area contributed by atoms with E-state index in [0.29, 0.717) is 17.7 Å². The van der Waals surface area contributed by atoms with Crippen LogP contribution in [0, 0.1) is 24.0 Å². The maximum atomic E-state index is 13.2. The fourth-order valence-electron chi connectivity index (χ4n) is 3.58. The zero-order valence-corrected chi connectivity index (χ0v) is 21.8. The molecule has 1 atom stereocenters. The van der Waals surface area contributed by atoms with Gasteiger partial charge in [0.05, 0.1) is 10.6 Å². The Labute approximate surface area is 215 Å². The molecular formula is C25H29N5O6S. The summed E-state index contributed by atoms with van der Waals surface area (Å²) in [4.78, 5) is 23.2. The third-order valence-electron chi connectivity index (χ3n) is 6.08. The molecular weight excluding hydrogens is 498 g/mol. The van der Waals surface area contributed by atoms with E-state index >= 15 is 0 Å². The zero-order chi connectivity index (χ0) is 26.9. The molecule has 0 spiro atoms. The van der Waals surface area contributed by atoms with E-state index in [1.807, 2.05) is 26.0 Å². The number of sulfonamides is 1. The summed E-state index contributed by atoms with van der Waals surface area (Å²) in [5, 5.41) is 18.8. The molecule has 196 valence electrons. The summed E-state index contributed by atoms with van der Waals surface area (Å²) in [6.45, 7) is 7.10. The van der Waals surface area contributed by atoms with Crippen molar-refractivity contribution in [3.63, 3.8) is 0 Å². The van der Waals surface area contributed by atoms with Crippen LogP contribution < -0.4 is 14.8 Å². The number of aryl methyl sites for hydroxylation is 1. The van der Waals surface area contributed by atoms with Crippen LogP contribution in [0.2, 0.25) is 0 Å². The van der Waals surface area contributed by atoms with Crippen molar-refractivity contribution in [1.29, 1.82) is 0 Å². The molecule has 1 aliphatic rings. The van der Waals surface area contributed by atoms with Gasteiger partial charge >= 0.3 is 0 Å². The number of non-ortho nitro benzene ring substituents is 1. The molecule has 11 nitrogen and oxygen atoms in total. The minimum atomic E-state index is -4.18. The number of carbonyl (C=O) groups is 1. The quantitative estimate of drug-likeness (QED) is 0.297. The number of amides is 1. The summed E-state index contributed by atoms with van der Waals surface area (Å²) in [7, 11) is -4.18. The van der Waals surface area contributed by atoms with Crippen molar-refractivity contribution in [2.24, 2.45) is 0 Å². The van der Waals surface area contributed by atoms with Crippen molar-refractivity contribution in [3.05, 3.63) is 69.4 Å². The van der Waals surface area contributed by atoms with E-state index in [9.17, 15) is 23.3 Å². The van der Waals surface area contributed by atoms with Crippen molar-refractivity contribution in [3.8, 4) is 17.3 Å². The Balaban J connectivity index is 1.84. The van der Waals surface area contributed by atoms with Gasteiger partial charge in [-0.2, -0.15) is 9.78 Å². The van der Waals surface area contributed by atoms with Crippen LogP contribution in [0.1, 0.15) is 54.7 Å². The van der Waals surface area contributed by atoms with Gasteiger partial charge in [0.15, 0.2) is 5.69 Å². The first-order valence-corrected chi connectivity index (χ1v) is 13.4. The highest BCUT2D eigenvalue weighted by atomic mass is 32.2. The van der Waals surface area contributed by atoms with Gasteiger partial charge in [-0.3, -0.25) is 14.9 Å². The minimum Gasteiger partial charge on any atom is -0.437 e. The molecule has 1 unspecified atom stereocenters. The Morgan fingerprint density at radius 2 is 1.89 bits per heavy atom. The van der Waals surface area contributed by atoms with E-state index in [4.69, 9.17) is 4.74 Å². The number of aromatic nitrogens is 2. The van der Waals surface area contributed by atoms with Crippen LogP contribution in [0.5, 0.6) is 11.6 Å². The molecule has 0 bridgehead atoms. The van der Waals surface area contributed by atoms with E-state index in [1.165, 1.54) is 16.8 Å². The minimum absolute atomic E-state index is 0.110. The van der Waals surface area contributed by atoms with Crippen LogP contribution in [-0.2, 0) is 10.0 Å². The van der Waals surface area contributed by atoms with Crippen molar-refractivity contribution in [1.82, 2.24) is 19.8 Å². The van der Waals surface area contributed by atoms with Crippen molar-refractivity contribution in [2.75, 3.05) is 0 Å². The van der Waals surface area contributed by atoms with Crippen molar-refractivity contribution < 1.29 is 22.9 Å². The van der Waals surface area contributed by atoms with Gasteiger partial charge in [0.25, 0.3) is 11.6 Å². The predicted molar refractivity (Wildman–Crippen MR) is 137 cm³/mol. The van der Waals surface area contributed by atoms with Crippen LogP contribution in [0.25, 0.3) is 5.69 Å². The Kier molecular flexibility index (Phi) is 7.32. The topological polar surface area (TPSA) is 145 Å². The van der Waals surface area contributed by atoms with Crippen LogP contribution in [0.3, 0.4) is 0 Å². The van der Waals surface area contributed by atoms with E-state index in [2.05, 4.69) is 15.1 Å². The molecule has 1 aliphatic carbocycles. The SMILES string of the molecule is CCC(C)NS(=O)(=O)c1cc([N+](=O)[O-])ccc1Oc1c(C)c(C(=O)NC2CC2)nn1-c1ccc(C)cc1. The second-order valence-electron chi connectivity index (χ2n) is 9.19. The van der Waals surface area contributed by atoms with Crippen LogP contribution in [0.15, 0.2) is 47.4 Å². The number of ether oxygens (including phenoxy) is 1. The third-order valence-corrected chi connectivity index (χ3v) is 7.69. The molecule has 2 aromatic carbocycles. The van der Waals surface area contributed by atoms with E-state index < -0.39 is 26.7 Å². The molecule has 3 aromatic rings. The van der Waals surface area contributed by atoms with Crippen LogP contribution in [0.4, 0.5) is 5.69 Å². The monoisotopic (exact) mass is 527 g/mol. The third kappa shape index (κ3) is 5.81. The summed E-state index contributed by atoms with van der Waals surface area (Å²) < 4.78 is 36.5. The first-order valence-electron chi connectivity index (χ1n) is 12.0. The van der Waals surface area contributed by atoms with Gasteiger partial charge in [-0.1, -0.05) is 24.6 Å². The van der Waals surface area contributed by atoms with E-state index in [-0.39, 0.29) is 34.2 Å². The second-order valence-corrected chi connectivity index (χ2v) is 10.9. The van der Waals surface area contributed by atoms with Crippen molar-refractivity contribution >= 4 is 21.6 Å². The number of nitrogens with zero attached hydrogens (tertiary/aromatic N) is 3. The van der Waals surface area contributed by atoms with E-state index in [1.54, 1.807) is 26.0 Å². The molecule has 0 radical (unpaired) electrons. The summed E-state index contributed by atoms with van der Waals surface area (Å²) >= 11 is 0. The van der Waals surface area contributed by atoms with Gasteiger partial charge in [-0.05, 0) is 58.2 Å². The molecule has 1 heterocycles. The molecule has 37 heavy (non-hydrogen) atoms. The molecule has 12 heteroatoms. The number of nitrogens with one attached hydrogen (secondary N) is 2. The predicted octanol–water partition coefficient (Wildman–Crippen LogP) is 4.16. The lowest BCUT2D eigenvalue weighted by atomic mass is 10.2. The number of hydrogen-bond acceptors (Lipinski definition) is 7. The fraction of sp³-hybridized carbons (Fsp3) is 0.360. The maximum Gasteiger partial charge on any atom is 0.272 e. The molecule has 1 amide bonds. The first kappa shape index (κ1) is 26.3. The normalized spacial score (nSPS) is 14.3. The average Bonchev–Trinajstić information content (AvgIpc) is 3.61. The first-order chi connectivity index (χ1) is 17.5. The Morgan fingerprint density at radius 1 is 1.22 bits per heavy atom. The second kappa shape index (κ2) is 10.3. The molecule has 1 saturated carbocycles.